The monoisotopic (exact) mass is 439 g/mol. The number of rotatable bonds is 7. The maximum atomic E-state index is 11.9. The molecule has 0 unspecified atom stereocenters. The van der Waals surface area contributed by atoms with Gasteiger partial charge in [0.1, 0.15) is 11.4 Å². The number of carboxylic acids is 1. The Morgan fingerprint density at radius 3 is 2.63 bits per heavy atom. The van der Waals surface area contributed by atoms with Gasteiger partial charge in [-0.3, -0.25) is 0 Å². The van der Waals surface area contributed by atoms with Gasteiger partial charge in [-0.2, -0.15) is 11.3 Å². The SMILES string of the molecule is Cc1cc(OCCCc2c(C(=O)O)[nH]c3c(-c4ccsc4)cccc23)cc(C)c1Cl. The van der Waals surface area contributed by atoms with Gasteiger partial charge in [0.05, 0.1) is 12.1 Å². The van der Waals surface area contributed by atoms with Crippen molar-refractivity contribution < 1.29 is 14.6 Å². The molecule has 0 atom stereocenters. The Bertz CT molecular complexity index is 1190. The van der Waals surface area contributed by atoms with Crippen molar-refractivity contribution in [3.63, 3.8) is 0 Å². The fourth-order valence-corrected chi connectivity index (χ4v) is 4.57. The van der Waals surface area contributed by atoms with Crippen LogP contribution in [0.3, 0.4) is 0 Å². The Kier molecular flexibility index (Phi) is 5.84. The zero-order chi connectivity index (χ0) is 21.3. The van der Waals surface area contributed by atoms with E-state index in [0.29, 0.717) is 19.4 Å². The first kappa shape index (κ1) is 20.5. The van der Waals surface area contributed by atoms with Crippen LogP contribution in [0.2, 0.25) is 5.02 Å². The normalized spacial score (nSPS) is 11.2. The Morgan fingerprint density at radius 2 is 1.97 bits per heavy atom. The van der Waals surface area contributed by atoms with E-state index in [4.69, 9.17) is 16.3 Å². The van der Waals surface area contributed by atoms with Crippen molar-refractivity contribution in [2.45, 2.75) is 26.7 Å². The molecule has 0 aliphatic heterocycles. The van der Waals surface area contributed by atoms with Gasteiger partial charge in [0.15, 0.2) is 0 Å². The van der Waals surface area contributed by atoms with Crippen LogP contribution in [0.15, 0.2) is 47.2 Å². The van der Waals surface area contributed by atoms with Crippen molar-refractivity contribution in [1.29, 1.82) is 0 Å². The lowest BCUT2D eigenvalue weighted by Crippen LogP contribution is -2.04. The number of aromatic nitrogens is 1. The van der Waals surface area contributed by atoms with E-state index in [-0.39, 0.29) is 5.69 Å². The first-order valence-corrected chi connectivity index (χ1v) is 11.1. The van der Waals surface area contributed by atoms with Crippen molar-refractivity contribution in [2.24, 2.45) is 0 Å². The molecule has 2 aromatic carbocycles. The number of carboxylic acid groups (broad SMARTS) is 1. The number of hydrogen-bond acceptors (Lipinski definition) is 3. The highest BCUT2D eigenvalue weighted by molar-refractivity contribution is 7.08. The molecular weight excluding hydrogens is 418 g/mol. The number of H-pyrrole nitrogens is 1. The minimum Gasteiger partial charge on any atom is -0.494 e. The smallest absolute Gasteiger partial charge is 0.352 e. The van der Waals surface area contributed by atoms with Crippen LogP contribution in [0, 0.1) is 13.8 Å². The van der Waals surface area contributed by atoms with E-state index < -0.39 is 5.97 Å². The summed E-state index contributed by atoms with van der Waals surface area (Å²) in [4.78, 5) is 15.0. The first-order valence-electron chi connectivity index (χ1n) is 9.74. The van der Waals surface area contributed by atoms with Crippen LogP contribution in [0.1, 0.15) is 33.6 Å². The molecule has 0 bridgehead atoms. The minimum absolute atomic E-state index is 0.255. The molecule has 154 valence electrons. The molecule has 0 amide bonds. The molecule has 0 radical (unpaired) electrons. The van der Waals surface area contributed by atoms with Crippen LogP contribution in [-0.4, -0.2) is 22.7 Å². The van der Waals surface area contributed by atoms with E-state index in [1.54, 1.807) is 11.3 Å². The number of thiophene rings is 1. The number of nitrogens with one attached hydrogen (secondary N) is 1. The second-order valence-electron chi connectivity index (χ2n) is 7.35. The Labute approximate surface area is 184 Å². The third-order valence-electron chi connectivity index (χ3n) is 5.24. The van der Waals surface area contributed by atoms with Gasteiger partial charge in [-0.1, -0.05) is 29.8 Å². The zero-order valence-corrected chi connectivity index (χ0v) is 18.4. The average molecular weight is 440 g/mol. The van der Waals surface area contributed by atoms with Gasteiger partial charge < -0.3 is 14.8 Å². The Morgan fingerprint density at radius 1 is 1.20 bits per heavy atom. The molecule has 6 heteroatoms. The molecule has 4 rings (SSSR count). The highest BCUT2D eigenvalue weighted by Crippen LogP contribution is 2.33. The summed E-state index contributed by atoms with van der Waals surface area (Å²) in [5.41, 5.74) is 6.02. The van der Waals surface area contributed by atoms with Gasteiger partial charge in [0.25, 0.3) is 0 Å². The Balaban J connectivity index is 1.56. The molecule has 0 spiro atoms. The number of aromatic carboxylic acids is 1. The van der Waals surface area contributed by atoms with E-state index in [9.17, 15) is 9.90 Å². The van der Waals surface area contributed by atoms with Crippen LogP contribution in [0.5, 0.6) is 5.75 Å². The number of fused-ring (bicyclic) bond motifs is 1. The fourth-order valence-electron chi connectivity index (χ4n) is 3.80. The fraction of sp³-hybridized carbons (Fsp3) is 0.208. The number of carbonyl (C=O) groups is 1. The summed E-state index contributed by atoms with van der Waals surface area (Å²) in [6, 6.07) is 11.9. The van der Waals surface area contributed by atoms with Crippen LogP contribution in [-0.2, 0) is 6.42 Å². The second-order valence-corrected chi connectivity index (χ2v) is 8.50. The van der Waals surface area contributed by atoms with E-state index in [2.05, 4.69) is 10.4 Å². The number of aromatic amines is 1. The molecule has 0 fully saturated rings. The lowest BCUT2D eigenvalue weighted by Gasteiger charge is -2.10. The molecule has 2 aromatic heterocycles. The van der Waals surface area contributed by atoms with Crippen molar-refractivity contribution >= 4 is 39.8 Å². The van der Waals surface area contributed by atoms with Gasteiger partial charge in [-0.05, 0) is 77.9 Å². The molecule has 0 saturated heterocycles. The molecule has 4 nitrogen and oxygen atoms in total. The number of hydrogen-bond donors (Lipinski definition) is 2. The topological polar surface area (TPSA) is 62.3 Å². The first-order chi connectivity index (χ1) is 14.5. The second kappa shape index (κ2) is 8.54. The van der Waals surface area contributed by atoms with Crippen LogP contribution in [0.4, 0.5) is 0 Å². The zero-order valence-electron chi connectivity index (χ0n) is 16.8. The molecule has 2 heterocycles. The van der Waals surface area contributed by atoms with Crippen LogP contribution in [0.25, 0.3) is 22.0 Å². The molecule has 0 saturated carbocycles. The lowest BCUT2D eigenvalue weighted by atomic mass is 10.0. The molecule has 0 aliphatic rings. The van der Waals surface area contributed by atoms with E-state index >= 15 is 0 Å². The van der Waals surface area contributed by atoms with Gasteiger partial charge in [-0.25, -0.2) is 4.79 Å². The molecular formula is C24H22ClNO3S. The van der Waals surface area contributed by atoms with Crippen molar-refractivity contribution in [3.8, 4) is 16.9 Å². The van der Waals surface area contributed by atoms with Gasteiger partial charge in [-0.15, -0.1) is 0 Å². The number of para-hydroxylation sites is 1. The predicted octanol–water partition coefficient (Wildman–Crippen LogP) is 6.88. The maximum absolute atomic E-state index is 11.9. The minimum atomic E-state index is -0.942. The maximum Gasteiger partial charge on any atom is 0.352 e. The van der Waals surface area contributed by atoms with E-state index in [1.807, 2.05) is 55.6 Å². The van der Waals surface area contributed by atoms with Gasteiger partial charge >= 0.3 is 5.97 Å². The standard InChI is InChI=1S/C24H22ClNO3S/c1-14-11-17(12-15(2)21(14)25)29-9-4-7-20-19-6-3-5-18(16-8-10-30-13-16)22(19)26-23(20)24(27)28/h3,5-6,8,10-13,26H,4,7,9H2,1-2H3,(H,27,28). The number of halogens is 1. The molecule has 2 N–H and O–H groups in total. The number of benzene rings is 2. The predicted molar refractivity (Wildman–Crippen MR) is 123 cm³/mol. The summed E-state index contributed by atoms with van der Waals surface area (Å²) in [7, 11) is 0. The summed E-state index contributed by atoms with van der Waals surface area (Å²) in [5, 5.41) is 15.5. The van der Waals surface area contributed by atoms with Crippen molar-refractivity contribution in [2.75, 3.05) is 6.61 Å². The van der Waals surface area contributed by atoms with Crippen LogP contribution >= 0.6 is 22.9 Å². The third kappa shape index (κ3) is 3.95. The average Bonchev–Trinajstić information content (AvgIpc) is 3.37. The van der Waals surface area contributed by atoms with Gasteiger partial charge in [0.2, 0.25) is 0 Å². The Hall–Kier alpha value is -2.76. The third-order valence-corrected chi connectivity index (χ3v) is 6.52. The summed E-state index contributed by atoms with van der Waals surface area (Å²) < 4.78 is 5.90. The summed E-state index contributed by atoms with van der Waals surface area (Å²) in [6.45, 7) is 4.41. The largest absolute Gasteiger partial charge is 0.494 e. The number of ether oxygens (including phenoxy) is 1. The summed E-state index contributed by atoms with van der Waals surface area (Å²) in [5.74, 6) is -0.158. The quantitative estimate of drug-likeness (QED) is 0.308. The highest BCUT2D eigenvalue weighted by Gasteiger charge is 2.19. The number of aryl methyl sites for hydroxylation is 3. The molecule has 30 heavy (non-hydrogen) atoms. The molecule has 0 aliphatic carbocycles. The van der Waals surface area contributed by atoms with E-state index in [1.165, 1.54) is 0 Å². The lowest BCUT2D eigenvalue weighted by molar-refractivity contribution is 0.0690. The summed E-state index contributed by atoms with van der Waals surface area (Å²) >= 11 is 7.84. The van der Waals surface area contributed by atoms with Gasteiger partial charge in [0, 0.05) is 16.0 Å². The van der Waals surface area contributed by atoms with Crippen molar-refractivity contribution in [3.05, 3.63) is 74.6 Å². The summed E-state index contributed by atoms with van der Waals surface area (Å²) in [6.07, 6.45) is 1.32. The highest BCUT2D eigenvalue weighted by atomic mass is 35.5. The molecule has 4 aromatic rings. The van der Waals surface area contributed by atoms with Crippen LogP contribution < -0.4 is 4.74 Å². The van der Waals surface area contributed by atoms with E-state index in [0.717, 1.165) is 49.5 Å². The van der Waals surface area contributed by atoms with Crippen molar-refractivity contribution in [1.82, 2.24) is 4.98 Å².